The van der Waals surface area contributed by atoms with Crippen LogP contribution in [0.1, 0.15) is 5.82 Å². The van der Waals surface area contributed by atoms with Gasteiger partial charge < -0.3 is 0 Å². The van der Waals surface area contributed by atoms with Gasteiger partial charge in [-0.2, -0.15) is 0 Å². The number of hydrogen-bond donors (Lipinski definition) is 1. The third-order valence-electron chi connectivity index (χ3n) is 4.29. The monoisotopic (exact) mass is 409 g/mol. The van der Waals surface area contributed by atoms with Gasteiger partial charge in [0.15, 0.2) is 0 Å². The smallest absolute Gasteiger partial charge is 0.262 e. The third-order valence-corrected chi connectivity index (χ3v) is 6.03. The number of anilines is 1. The van der Waals surface area contributed by atoms with Crippen molar-refractivity contribution < 1.29 is 8.42 Å². The number of aromatic nitrogens is 2. The molecule has 28 heavy (non-hydrogen) atoms. The Bertz CT molecular complexity index is 1280. The van der Waals surface area contributed by atoms with Gasteiger partial charge in [-0.3, -0.25) is 4.72 Å². The Kier molecular flexibility index (Phi) is 4.75. The molecule has 0 unspecified atom stereocenters. The highest BCUT2D eigenvalue weighted by molar-refractivity contribution is 7.93. The highest BCUT2D eigenvalue weighted by Gasteiger charge is 2.19. The molecule has 0 saturated carbocycles. The number of sulfonamides is 1. The second kappa shape index (κ2) is 7.22. The highest BCUT2D eigenvalue weighted by atomic mass is 35.5. The normalized spacial score (nSPS) is 11.5. The summed E-state index contributed by atoms with van der Waals surface area (Å²) in [4.78, 5) is 8.61. The molecule has 0 aliphatic heterocycles. The summed E-state index contributed by atoms with van der Waals surface area (Å²) in [6.45, 7) is 1.81. The molecule has 140 valence electrons. The molecule has 0 saturated heterocycles. The summed E-state index contributed by atoms with van der Waals surface area (Å²) in [5, 5.41) is 1.66. The summed E-state index contributed by atoms with van der Waals surface area (Å²) < 4.78 is 28.8. The van der Waals surface area contributed by atoms with E-state index in [1.165, 1.54) is 0 Å². The molecule has 1 N–H and O–H groups in total. The Morgan fingerprint density at radius 3 is 2.50 bits per heavy atom. The van der Waals surface area contributed by atoms with Crippen molar-refractivity contribution in [3.8, 4) is 11.3 Å². The topological polar surface area (TPSA) is 72.0 Å². The predicted molar refractivity (Wildman–Crippen MR) is 112 cm³/mol. The van der Waals surface area contributed by atoms with Crippen LogP contribution in [-0.4, -0.2) is 18.4 Å². The summed E-state index contributed by atoms with van der Waals surface area (Å²) in [6.07, 6.45) is 1.67. The SMILES string of the molecule is Cc1nccc(-c2cccc(NS(=O)(=O)c3cccc4cccc(Cl)c34)c2)n1. The lowest BCUT2D eigenvalue weighted by molar-refractivity contribution is 0.602. The Morgan fingerprint density at radius 1 is 0.964 bits per heavy atom. The lowest BCUT2D eigenvalue weighted by atomic mass is 10.1. The molecule has 0 spiro atoms. The van der Waals surface area contributed by atoms with Crippen LogP contribution in [0.5, 0.6) is 0 Å². The van der Waals surface area contributed by atoms with Crippen LogP contribution in [0.15, 0.2) is 77.8 Å². The van der Waals surface area contributed by atoms with Gasteiger partial charge in [-0.1, -0.05) is 48.0 Å². The molecule has 4 rings (SSSR count). The number of fused-ring (bicyclic) bond motifs is 1. The molecule has 3 aromatic carbocycles. The number of rotatable bonds is 4. The van der Waals surface area contributed by atoms with Gasteiger partial charge in [0.2, 0.25) is 0 Å². The van der Waals surface area contributed by atoms with Crippen LogP contribution in [0.3, 0.4) is 0 Å². The van der Waals surface area contributed by atoms with E-state index in [4.69, 9.17) is 11.6 Å². The molecule has 0 bridgehead atoms. The number of nitrogens with one attached hydrogen (secondary N) is 1. The summed E-state index contributed by atoms with van der Waals surface area (Å²) in [6, 6.07) is 19.3. The third kappa shape index (κ3) is 3.56. The fourth-order valence-electron chi connectivity index (χ4n) is 3.06. The fraction of sp³-hybridized carbons (Fsp3) is 0.0476. The summed E-state index contributed by atoms with van der Waals surface area (Å²) in [5.74, 6) is 0.647. The van der Waals surface area contributed by atoms with Crippen molar-refractivity contribution in [2.75, 3.05) is 4.72 Å². The van der Waals surface area contributed by atoms with Crippen molar-refractivity contribution in [2.45, 2.75) is 11.8 Å². The maximum Gasteiger partial charge on any atom is 0.262 e. The van der Waals surface area contributed by atoms with Crippen LogP contribution in [0, 0.1) is 6.92 Å². The second-order valence-corrected chi connectivity index (χ2v) is 8.33. The molecule has 7 heteroatoms. The predicted octanol–water partition coefficient (Wildman–Crippen LogP) is 5.06. The molecule has 5 nitrogen and oxygen atoms in total. The van der Waals surface area contributed by atoms with Crippen molar-refractivity contribution in [1.82, 2.24) is 9.97 Å². The number of halogens is 1. The largest absolute Gasteiger partial charge is 0.280 e. The van der Waals surface area contributed by atoms with Gasteiger partial charge >= 0.3 is 0 Å². The summed E-state index contributed by atoms with van der Waals surface area (Å²) in [7, 11) is -3.84. The van der Waals surface area contributed by atoms with Crippen LogP contribution in [0.4, 0.5) is 5.69 Å². The summed E-state index contributed by atoms with van der Waals surface area (Å²) >= 11 is 6.28. The van der Waals surface area contributed by atoms with E-state index in [1.54, 1.807) is 61.7 Å². The van der Waals surface area contributed by atoms with Crippen molar-refractivity contribution in [3.63, 3.8) is 0 Å². The second-order valence-electron chi connectivity index (χ2n) is 6.27. The van der Waals surface area contributed by atoms with Gasteiger partial charge in [0.25, 0.3) is 10.0 Å². The fourth-order valence-corrected chi connectivity index (χ4v) is 4.70. The lowest BCUT2D eigenvalue weighted by Gasteiger charge is -2.12. The molecule has 0 radical (unpaired) electrons. The average molecular weight is 410 g/mol. The van der Waals surface area contributed by atoms with Crippen LogP contribution in [0.25, 0.3) is 22.0 Å². The molecule has 0 atom stereocenters. The first kappa shape index (κ1) is 18.4. The summed E-state index contributed by atoms with van der Waals surface area (Å²) in [5.41, 5.74) is 1.96. The average Bonchev–Trinajstić information content (AvgIpc) is 2.68. The quantitative estimate of drug-likeness (QED) is 0.511. The van der Waals surface area contributed by atoms with Crippen LogP contribution in [0.2, 0.25) is 5.02 Å². The molecule has 0 aliphatic carbocycles. The first-order chi connectivity index (χ1) is 13.4. The molecule has 0 fully saturated rings. The van der Waals surface area contributed by atoms with Gasteiger partial charge in [0.1, 0.15) is 5.82 Å². The van der Waals surface area contributed by atoms with E-state index < -0.39 is 10.0 Å². The minimum Gasteiger partial charge on any atom is -0.280 e. The molecule has 0 aliphatic rings. The maximum absolute atomic E-state index is 13.1. The van der Waals surface area contributed by atoms with Crippen LogP contribution < -0.4 is 4.72 Å². The Hall–Kier alpha value is -2.96. The zero-order valence-electron chi connectivity index (χ0n) is 14.9. The van der Waals surface area contributed by atoms with Crippen molar-refractivity contribution in [3.05, 3.63) is 83.8 Å². The zero-order valence-corrected chi connectivity index (χ0v) is 16.5. The lowest BCUT2D eigenvalue weighted by Crippen LogP contribution is -2.13. The van der Waals surface area contributed by atoms with Crippen LogP contribution >= 0.6 is 11.6 Å². The van der Waals surface area contributed by atoms with E-state index in [2.05, 4.69) is 14.7 Å². The zero-order chi connectivity index (χ0) is 19.7. The van der Waals surface area contributed by atoms with Gasteiger partial charge in [0, 0.05) is 27.9 Å². The number of hydrogen-bond acceptors (Lipinski definition) is 4. The van der Waals surface area contributed by atoms with Gasteiger partial charge in [-0.05, 0) is 42.6 Å². The number of nitrogens with zero attached hydrogens (tertiary/aromatic N) is 2. The Balaban J connectivity index is 1.75. The van der Waals surface area contributed by atoms with Gasteiger partial charge in [-0.15, -0.1) is 0 Å². The molecule has 1 heterocycles. The van der Waals surface area contributed by atoms with Crippen molar-refractivity contribution in [2.24, 2.45) is 0 Å². The highest BCUT2D eigenvalue weighted by Crippen LogP contribution is 2.31. The first-order valence-electron chi connectivity index (χ1n) is 8.54. The van der Waals surface area contributed by atoms with E-state index >= 15 is 0 Å². The standard InChI is InChI=1S/C21H16ClN3O2S/c1-14-23-12-11-19(24-14)16-7-2-8-17(13-16)25-28(26,27)20-10-4-6-15-5-3-9-18(22)21(15)20/h2-13,25H,1H3. The Morgan fingerprint density at radius 2 is 1.71 bits per heavy atom. The van der Waals surface area contributed by atoms with E-state index in [1.807, 2.05) is 18.2 Å². The minimum atomic E-state index is -3.84. The van der Waals surface area contributed by atoms with Crippen molar-refractivity contribution >= 4 is 38.1 Å². The first-order valence-corrected chi connectivity index (χ1v) is 10.4. The van der Waals surface area contributed by atoms with Gasteiger partial charge in [-0.25, -0.2) is 18.4 Å². The molecule has 1 aromatic heterocycles. The maximum atomic E-state index is 13.1. The van der Waals surface area contributed by atoms with Crippen LogP contribution in [-0.2, 0) is 10.0 Å². The molecule has 0 amide bonds. The van der Waals surface area contributed by atoms with Crippen molar-refractivity contribution in [1.29, 1.82) is 0 Å². The van der Waals surface area contributed by atoms with Gasteiger partial charge in [0.05, 0.1) is 10.6 Å². The molecular weight excluding hydrogens is 394 g/mol. The van der Waals surface area contributed by atoms with E-state index in [9.17, 15) is 8.42 Å². The van der Waals surface area contributed by atoms with E-state index in [-0.39, 0.29) is 4.90 Å². The number of aryl methyl sites for hydroxylation is 1. The van der Waals surface area contributed by atoms with E-state index in [0.29, 0.717) is 21.9 Å². The molecular formula is C21H16ClN3O2S. The Labute approximate surface area is 168 Å². The van der Waals surface area contributed by atoms with E-state index in [0.717, 1.165) is 16.6 Å². The number of benzene rings is 3. The molecule has 4 aromatic rings. The minimum absolute atomic E-state index is 0.138.